The molecule has 1 heterocycles. The molecular formula is C24H26N2O5S2. The topological polar surface area (TPSA) is 92.8 Å². The molecule has 9 heteroatoms. The second-order valence-electron chi connectivity index (χ2n) is 7.76. The third kappa shape index (κ3) is 4.99. The molecule has 0 unspecified atom stereocenters. The molecule has 1 N–H and O–H groups in total. The molecule has 0 aliphatic carbocycles. The zero-order chi connectivity index (χ0) is 23.5. The van der Waals surface area contributed by atoms with E-state index in [4.69, 9.17) is 4.74 Å². The molecule has 0 radical (unpaired) electrons. The molecule has 4 rings (SSSR count). The van der Waals surface area contributed by atoms with Crippen molar-refractivity contribution in [3.05, 3.63) is 78.4 Å². The Bertz CT molecular complexity index is 1320. The van der Waals surface area contributed by atoms with Crippen LogP contribution in [-0.2, 0) is 26.5 Å². The number of hydrogen-bond donors (Lipinski definition) is 1. The number of benzene rings is 3. The average molecular weight is 487 g/mol. The van der Waals surface area contributed by atoms with Crippen molar-refractivity contribution in [2.75, 3.05) is 22.2 Å². The van der Waals surface area contributed by atoms with Gasteiger partial charge in [-0.2, -0.15) is 0 Å². The summed E-state index contributed by atoms with van der Waals surface area (Å²) in [6.07, 6.45) is 2.17. The summed E-state index contributed by atoms with van der Waals surface area (Å²) in [4.78, 5) is 0.353. The van der Waals surface area contributed by atoms with Crippen molar-refractivity contribution < 1.29 is 21.6 Å². The van der Waals surface area contributed by atoms with Crippen LogP contribution in [0, 0.1) is 0 Å². The molecule has 0 amide bonds. The van der Waals surface area contributed by atoms with Crippen LogP contribution in [0.1, 0.15) is 25.3 Å². The van der Waals surface area contributed by atoms with Crippen LogP contribution in [0.3, 0.4) is 0 Å². The van der Waals surface area contributed by atoms with E-state index >= 15 is 0 Å². The van der Waals surface area contributed by atoms with Crippen molar-refractivity contribution in [2.45, 2.75) is 36.0 Å². The van der Waals surface area contributed by atoms with Crippen LogP contribution in [0.15, 0.2) is 82.6 Å². The molecule has 0 spiro atoms. The van der Waals surface area contributed by atoms with Gasteiger partial charge < -0.3 is 4.74 Å². The van der Waals surface area contributed by atoms with Gasteiger partial charge in [0.05, 0.1) is 22.1 Å². The SMILES string of the molecule is CCCOc1ccc(S(=O)(=O)Nc2ccc3c(c2)CCCN3S(=O)(=O)c2ccccc2)cc1. The van der Waals surface area contributed by atoms with Crippen LogP contribution in [0.2, 0.25) is 0 Å². The van der Waals surface area contributed by atoms with E-state index in [0.29, 0.717) is 43.1 Å². The molecular weight excluding hydrogens is 460 g/mol. The van der Waals surface area contributed by atoms with E-state index in [1.807, 2.05) is 6.92 Å². The number of rotatable bonds is 8. The average Bonchev–Trinajstić information content (AvgIpc) is 2.82. The first kappa shape index (κ1) is 23.1. The Morgan fingerprint density at radius 2 is 1.64 bits per heavy atom. The van der Waals surface area contributed by atoms with Crippen molar-refractivity contribution >= 4 is 31.4 Å². The molecule has 3 aromatic rings. The van der Waals surface area contributed by atoms with Gasteiger partial charge in [0.1, 0.15) is 5.75 Å². The minimum absolute atomic E-state index is 0.123. The molecule has 0 saturated heterocycles. The number of ether oxygens (including phenoxy) is 1. The van der Waals surface area contributed by atoms with Gasteiger partial charge in [-0.15, -0.1) is 0 Å². The summed E-state index contributed by atoms with van der Waals surface area (Å²) in [5, 5.41) is 0. The van der Waals surface area contributed by atoms with E-state index in [0.717, 1.165) is 12.0 Å². The fourth-order valence-electron chi connectivity index (χ4n) is 3.74. The van der Waals surface area contributed by atoms with Crippen LogP contribution in [0.25, 0.3) is 0 Å². The van der Waals surface area contributed by atoms with Crippen molar-refractivity contribution in [3.63, 3.8) is 0 Å². The van der Waals surface area contributed by atoms with Crippen LogP contribution in [0.4, 0.5) is 11.4 Å². The largest absolute Gasteiger partial charge is 0.494 e. The predicted molar refractivity (Wildman–Crippen MR) is 129 cm³/mol. The highest BCUT2D eigenvalue weighted by atomic mass is 32.2. The quantitative estimate of drug-likeness (QED) is 0.509. The molecule has 1 aliphatic heterocycles. The van der Waals surface area contributed by atoms with Gasteiger partial charge >= 0.3 is 0 Å². The summed E-state index contributed by atoms with van der Waals surface area (Å²) < 4.78 is 61.5. The van der Waals surface area contributed by atoms with Crippen molar-refractivity contribution in [1.82, 2.24) is 0 Å². The number of anilines is 2. The van der Waals surface area contributed by atoms with Gasteiger partial charge in [-0.25, -0.2) is 16.8 Å². The predicted octanol–water partition coefficient (Wildman–Crippen LogP) is 4.42. The van der Waals surface area contributed by atoms with E-state index in [1.165, 1.54) is 16.4 Å². The lowest BCUT2D eigenvalue weighted by Crippen LogP contribution is -2.35. The van der Waals surface area contributed by atoms with Gasteiger partial charge in [-0.1, -0.05) is 25.1 Å². The molecule has 0 saturated carbocycles. The van der Waals surface area contributed by atoms with E-state index < -0.39 is 20.0 Å². The Morgan fingerprint density at radius 1 is 0.909 bits per heavy atom. The van der Waals surface area contributed by atoms with Gasteiger partial charge in [0, 0.05) is 12.2 Å². The van der Waals surface area contributed by atoms with Crippen LogP contribution >= 0.6 is 0 Å². The molecule has 7 nitrogen and oxygen atoms in total. The maximum atomic E-state index is 13.1. The van der Waals surface area contributed by atoms with Gasteiger partial charge in [-0.3, -0.25) is 9.03 Å². The lowest BCUT2D eigenvalue weighted by atomic mass is 10.0. The molecule has 3 aromatic carbocycles. The third-order valence-electron chi connectivity index (χ3n) is 5.35. The number of nitrogens with one attached hydrogen (secondary N) is 1. The monoisotopic (exact) mass is 486 g/mol. The van der Waals surface area contributed by atoms with Crippen molar-refractivity contribution in [2.24, 2.45) is 0 Å². The highest BCUT2D eigenvalue weighted by Crippen LogP contribution is 2.34. The summed E-state index contributed by atoms with van der Waals surface area (Å²) in [6.45, 7) is 2.94. The lowest BCUT2D eigenvalue weighted by Gasteiger charge is -2.31. The van der Waals surface area contributed by atoms with Crippen LogP contribution < -0.4 is 13.8 Å². The van der Waals surface area contributed by atoms with E-state index in [1.54, 1.807) is 60.7 Å². The zero-order valence-electron chi connectivity index (χ0n) is 18.3. The normalized spacial score (nSPS) is 13.9. The fraction of sp³-hybridized carbons (Fsp3) is 0.250. The summed E-state index contributed by atoms with van der Waals surface area (Å²) in [6, 6.07) is 19.5. The number of aryl methyl sites for hydroxylation is 1. The minimum atomic E-state index is -3.80. The highest BCUT2D eigenvalue weighted by Gasteiger charge is 2.29. The van der Waals surface area contributed by atoms with Crippen LogP contribution in [-0.4, -0.2) is 30.0 Å². The summed E-state index contributed by atoms with van der Waals surface area (Å²) in [5.41, 5.74) is 1.74. The molecule has 1 aliphatic rings. The summed E-state index contributed by atoms with van der Waals surface area (Å²) >= 11 is 0. The first-order valence-corrected chi connectivity index (χ1v) is 13.7. The van der Waals surface area contributed by atoms with Gasteiger partial charge in [-0.05, 0) is 79.4 Å². The Morgan fingerprint density at radius 3 is 2.33 bits per heavy atom. The second kappa shape index (κ2) is 9.44. The number of nitrogens with zero attached hydrogens (tertiary/aromatic N) is 1. The number of sulfonamides is 2. The van der Waals surface area contributed by atoms with E-state index in [9.17, 15) is 16.8 Å². The standard InChI is InChI=1S/C24H26N2O5S2/c1-2-17-31-21-11-13-22(14-12-21)32(27,28)25-20-10-15-24-19(18-20)7-6-16-26(24)33(29,30)23-8-4-3-5-9-23/h3-5,8-15,18,25H,2,6-7,16-17H2,1H3. The molecule has 0 bridgehead atoms. The molecule has 0 aromatic heterocycles. The Kier molecular flexibility index (Phi) is 6.62. The Hall–Kier alpha value is -3.04. The Labute approximate surface area is 195 Å². The molecule has 0 fully saturated rings. The highest BCUT2D eigenvalue weighted by molar-refractivity contribution is 7.93. The maximum Gasteiger partial charge on any atom is 0.264 e. The third-order valence-corrected chi connectivity index (χ3v) is 8.57. The Balaban J connectivity index is 1.57. The molecule has 0 atom stereocenters. The van der Waals surface area contributed by atoms with Gasteiger partial charge in [0.15, 0.2) is 0 Å². The fourth-order valence-corrected chi connectivity index (χ4v) is 6.36. The van der Waals surface area contributed by atoms with Crippen LogP contribution in [0.5, 0.6) is 5.75 Å². The van der Waals surface area contributed by atoms with Gasteiger partial charge in [0.2, 0.25) is 0 Å². The first-order chi connectivity index (χ1) is 15.8. The zero-order valence-corrected chi connectivity index (χ0v) is 19.9. The summed E-state index contributed by atoms with van der Waals surface area (Å²) in [7, 11) is -7.49. The minimum Gasteiger partial charge on any atom is -0.494 e. The van der Waals surface area contributed by atoms with Gasteiger partial charge in [0.25, 0.3) is 20.0 Å². The number of hydrogen-bond acceptors (Lipinski definition) is 5. The maximum absolute atomic E-state index is 13.1. The van der Waals surface area contributed by atoms with Crippen molar-refractivity contribution in [3.8, 4) is 5.75 Å². The molecule has 33 heavy (non-hydrogen) atoms. The first-order valence-electron chi connectivity index (χ1n) is 10.8. The summed E-state index contributed by atoms with van der Waals surface area (Å²) in [5.74, 6) is 0.615. The second-order valence-corrected chi connectivity index (χ2v) is 11.3. The van der Waals surface area contributed by atoms with E-state index in [-0.39, 0.29) is 9.79 Å². The lowest BCUT2D eigenvalue weighted by molar-refractivity contribution is 0.317. The smallest absolute Gasteiger partial charge is 0.264 e. The number of fused-ring (bicyclic) bond motifs is 1. The molecule has 174 valence electrons. The van der Waals surface area contributed by atoms with E-state index in [2.05, 4.69) is 4.72 Å². The van der Waals surface area contributed by atoms with Crippen molar-refractivity contribution in [1.29, 1.82) is 0 Å².